The summed E-state index contributed by atoms with van der Waals surface area (Å²) in [5.74, 6) is 0.238. The van der Waals surface area contributed by atoms with Crippen LogP contribution < -0.4 is 0 Å². The number of hydrogen-bond acceptors (Lipinski definition) is 6. The van der Waals surface area contributed by atoms with Gasteiger partial charge in [0, 0.05) is 25.3 Å². The Kier molecular flexibility index (Phi) is 5.27. The van der Waals surface area contributed by atoms with Crippen LogP contribution in [0.25, 0.3) is 10.2 Å². The highest BCUT2D eigenvalue weighted by atomic mass is 32.2. The molecule has 1 fully saturated rings. The maximum absolute atomic E-state index is 13.2. The number of fused-ring (bicyclic) bond motifs is 1. The average molecular weight is 451 g/mol. The van der Waals surface area contributed by atoms with Crippen LogP contribution in [0.15, 0.2) is 52.3 Å². The van der Waals surface area contributed by atoms with Crippen LogP contribution in [0.1, 0.15) is 29.3 Å². The second kappa shape index (κ2) is 7.46. The Morgan fingerprint density at radius 3 is 2.38 bits per heavy atom. The smallest absolute Gasteiger partial charge is 0.241 e. The molecule has 0 bridgehead atoms. The fourth-order valence-electron chi connectivity index (χ4n) is 3.64. The van der Waals surface area contributed by atoms with Crippen LogP contribution in [0.2, 0.25) is 0 Å². The Labute approximate surface area is 175 Å². The van der Waals surface area contributed by atoms with Crippen molar-refractivity contribution in [3.05, 3.63) is 53.0 Å². The molecule has 0 radical (unpaired) electrons. The molecule has 3 aromatic rings. The third kappa shape index (κ3) is 3.96. The van der Waals surface area contributed by atoms with Crippen molar-refractivity contribution >= 4 is 41.4 Å². The van der Waals surface area contributed by atoms with Gasteiger partial charge in [-0.05, 0) is 49.6 Å². The molecular formula is C20H22N2O4S3. The normalized spacial score (nSPS) is 17.0. The summed E-state index contributed by atoms with van der Waals surface area (Å²) in [6, 6.07) is 12.3. The van der Waals surface area contributed by atoms with E-state index >= 15 is 0 Å². The van der Waals surface area contributed by atoms with E-state index < -0.39 is 19.9 Å². The van der Waals surface area contributed by atoms with Crippen molar-refractivity contribution in [3.63, 3.8) is 0 Å². The predicted octanol–water partition coefficient (Wildman–Crippen LogP) is 3.58. The summed E-state index contributed by atoms with van der Waals surface area (Å²) < 4.78 is 52.7. The zero-order valence-corrected chi connectivity index (χ0v) is 18.6. The van der Waals surface area contributed by atoms with Crippen molar-refractivity contribution in [1.29, 1.82) is 0 Å². The van der Waals surface area contributed by atoms with E-state index in [4.69, 9.17) is 4.98 Å². The van der Waals surface area contributed by atoms with Gasteiger partial charge in [-0.2, -0.15) is 4.31 Å². The first kappa shape index (κ1) is 20.5. The number of piperidine rings is 1. The number of aromatic nitrogens is 1. The van der Waals surface area contributed by atoms with Crippen LogP contribution >= 0.6 is 11.3 Å². The number of thiazole rings is 1. The van der Waals surface area contributed by atoms with Crippen molar-refractivity contribution in [1.82, 2.24) is 9.29 Å². The minimum Gasteiger partial charge on any atom is -0.241 e. The Bertz CT molecular complexity index is 1240. The predicted molar refractivity (Wildman–Crippen MR) is 115 cm³/mol. The summed E-state index contributed by atoms with van der Waals surface area (Å²) in [5, 5.41) is 1.05. The van der Waals surface area contributed by atoms with E-state index in [1.54, 1.807) is 24.3 Å². The van der Waals surface area contributed by atoms with Gasteiger partial charge in [0.25, 0.3) is 0 Å². The summed E-state index contributed by atoms with van der Waals surface area (Å²) in [6.45, 7) is 2.48. The van der Waals surface area contributed by atoms with Crippen molar-refractivity contribution in [2.45, 2.75) is 35.5 Å². The zero-order valence-electron chi connectivity index (χ0n) is 16.2. The average Bonchev–Trinajstić information content (AvgIpc) is 3.11. The largest absolute Gasteiger partial charge is 0.243 e. The quantitative estimate of drug-likeness (QED) is 0.607. The molecule has 9 heteroatoms. The van der Waals surface area contributed by atoms with Crippen molar-refractivity contribution in [2.24, 2.45) is 0 Å². The molecule has 6 nitrogen and oxygen atoms in total. The van der Waals surface area contributed by atoms with Gasteiger partial charge in [-0.25, -0.2) is 21.8 Å². The van der Waals surface area contributed by atoms with E-state index in [2.05, 4.69) is 0 Å². The van der Waals surface area contributed by atoms with E-state index in [1.807, 2.05) is 24.3 Å². The van der Waals surface area contributed by atoms with E-state index in [-0.39, 0.29) is 15.7 Å². The van der Waals surface area contributed by atoms with Crippen LogP contribution in [0.4, 0.5) is 0 Å². The first-order valence-electron chi connectivity index (χ1n) is 9.32. The summed E-state index contributed by atoms with van der Waals surface area (Å²) in [5.41, 5.74) is 1.53. The molecule has 0 aliphatic carbocycles. The molecule has 0 saturated carbocycles. The molecule has 1 saturated heterocycles. The van der Waals surface area contributed by atoms with Gasteiger partial charge in [-0.15, -0.1) is 11.3 Å². The van der Waals surface area contributed by atoms with Crippen LogP contribution in [-0.2, 0) is 19.9 Å². The maximum Gasteiger partial charge on any atom is 0.243 e. The van der Waals surface area contributed by atoms with Crippen LogP contribution in [-0.4, -0.2) is 45.5 Å². The number of benzene rings is 2. The van der Waals surface area contributed by atoms with Gasteiger partial charge in [-0.1, -0.05) is 18.2 Å². The lowest BCUT2D eigenvalue weighted by Gasteiger charge is -2.30. The van der Waals surface area contributed by atoms with Gasteiger partial charge in [0.15, 0.2) is 9.84 Å². The highest BCUT2D eigenvalue weighted by Gasteiger charge is 2.32. The molecule has 1 aliphatic heterocycles. The van der Waals surface area contributed by atoms with Crippen LogP contribution in [0, 0.1) is 6.92 Å². The van der Waals surface area contributed by atoms with Crippen molar-refractivity contribution < 1.29 is 16.8 Å². The SMILES string of the molecule is Cc1ccc(S(C)(=O)=O)cc1S(=O)(=O)N1CCC(c2nc3ccccc3s2)CC1. The van der Waals surface area contributed by atoms with E-state index in [9.17, 15) is 16.8 Å². The number of nitrogens with zero attached hydrogens (tertiary/aromatic N) is 2. The van der Waals surface area contributed by atoms with Gasteiger partial charge < -0.3 is 0 Å². The summed E-state index contributed by atoms with van der Waals surface area (Å²) in [4.78, 5) is 4.81. The monoisotopic (exact) mass is 450 g/mol. The molecule has 2 aromatic carbocycles. The third-order valence-corrected chi connectivity index (χ3v) is 9.67. The number of para-hydroxylation sites is 1. The third-order valence-electron chi connectivity index (χ3n) is 5.32. The van der Waals surface area contributed by atoms with Gasteiger partial charge in [-0.3, -0.25) is 0 Å². The first-order valence-corrected chi connectivity index (χ1v) is 13.5. The first-order chi connectivity index (χ1) is 13.7. The zero-order chi connectivity index (χ0) is 20.8. The molecule has 0 atom stereocenters. The molecule has 1 aliphatic rings. The Morgan fingerprint density at radius 2 is 1.72 bits per heavy atom. The minimum atomic E-state index is -3.75. The number of hydrogen-bond donors (Lipinski definition) is 0. The molecule has 29 heavy (non-hydrogen) atoms. The Balaban J connectivity index is 1.56. The van der Waals surface area contributed by atoms with Crippen LogP contribution in [0.5, 0.6) is 0 Å². The number of rotatable bonds is 4. The Hall–Kier alpha value is -1.81. The van der Waals surface area contributed by atoms with Crippen molar-refractivity contribution in [3.8, 4) is 0 Å². The van der Waals surface area contributed by atoms with Gasteiger partial charge in [0.05, 0.1) is 25.0 Å². The second-order valence-electron chi connectivity index (χ2n) is 7.40. The van der Waals surface area contributed by atoms with Gasteiger partial charge >= 0.3 is 0 Å². The fourth-order valence-corrected chi connectivity index (χ4v) is 7.21. The maximum atomic E-state index is 13.2. The van der Waals surface area contributed by atoms with E-state index in [0.29, 0.717) is 31.5 Å². The lowest BCUT2D eigenvalue weighted by atomic mass is 9.99. The van der Waals surface area contributed by atoms with Gasteiger partial charge in [0.2, 0.25) is 10.0 Å². The van der Waals surface area contributed by atoms with Crippen LogP contribution in [0.3, 0.4) is 0 Å². The van der Waals surface area contributed by atoms with E-state index in [1.165, 1.54) is 16.4 Å². The molecule has 1 aromatic heterocycles. The highest BCUT2D eigenvalue weighted by Crippen LogP contribution is 2.35. The molecule has 4 rings (SSSR count). The fraction of sp³-hybridized carbons (Fsp3) is 0.350. The van der Waals surface area contributed by atoms with Crippen molar-refractivity contribution in [2.75, 3.05) is 19.3 Å². The highest BCUT2D eigenvalue weighted by molar-refractivity contribution is 7.91. The molecule has 0 unspecified atom stereocenters. The topological polar surface area (TPSA) is 84.4 Å². The second-order valence-corrected chi connectivity index (χ2v) is 12.4. The minimum absolute atomic E-state index is 0.0195. The summed E-state index contributed by atoms with van der Waals surface area (Å²) in [7, 11) is -7.23. The van der Waals surface area contributed by atoms with Gasteiger partial charge in [0.1, 0.15) is 0 Å². The molecular weight excluding hydrogens is 428 g/mol. The lowest BCUT2D eigenvalue weighted by Crippen LogP contribution is -2.38. The molecule has 2 heterocycles. The summed E-state index contributed by atoms with van der Waals surface area (Å²) in [6.07, 6.45) is 2.48. The standard InChI is InChI=1S/C20H22N2O4S3/c1-14-7-8-16(28(2,23)24)13-19(14)29(25,26)22-11-9-15(10-12-22)20-21-17-5-3-4-6-18(17)27-20/h3-8,13,15H,9-12H2,1-2H3. The lowest BCUT2D eigenvalue weighted by molar-refractivity contribution is 0.319. The molecule has 0 N–H and O–H groups in total. The number of sulfone groups is 1. The molecule has 0 amide bonds. The summed E-state index contributed by atoms with van der Waals surface area (Å²) >= 11 is 1.67. The molecule has 154 valence electrons. The van der Waals surface area contributed by atoms with E-state index in [0.717, 1.165) is 21.5 Å². The number of aryl methyl sites for hydroxylation is 1. The Morgan fingerprint density at radius 1 is 1.03 bits per heavy atom. The molecule has 0 spiro atoms. The number of sulfonamides is 1.